The van der Waals surface area contributed by atoms with Gasteiger partial charge in [0.15, 0.2) is 0 Å². The van der Waals surface area contributed by atoms with E-state index in [1.54, 1.807) is 11.3 Å². The van der Waals surface area contributed by atoms with Gasteiger partial charge in [-0.2, -0.15) is 0 Å². The van der Waals surface area contributed by atoms with Crippen molar-refractivity contribution in [2.24, 2.45) is 0 Å². The molecule has 2 aromatic heterocycles. The molecule has 0 fully saturated rings. The van der Waals surface area contributed by atoms with Gasteiger partial charge in [-0.05, 0) is 23.6 Å². The van der Waals surface area contributed by atoms with Crippen LogP contribution in [0.2, 0.25) is 0 Å². The van der Waals surface area contributed by atoms with Gasteiger partial charge in [0.25, 0.3) is 5.89 Å². The summed E-state index contributed by atoms with van der Waals surface area (Å²) in [5, 5.41) is 13.7. The van der Waals surface area contributed by atoms with Gasteiger partial charge in [-0.15, -0.1) is 21.5 Å². The Kier molecular flexibility index (Phi) is 3.90. The van der Waals surface area contributed by atoms with Gasteiger partial charge in [0, 0.05) is 0 Å². The SMILES string of the molecule is CCNC(c1ccccc1)c1nnc(-c2cccs2)o1. The minimum Gasteiger partial charge on any atom is -0.418 e. The number of benzene rings is 1. The molecule has 3 aromatic rings. The summed E-state index contributed by atoms with van der Waals surface area (Å²) in [5.41, 5.74) is 1.12. The van der Waals surface area contributed by atoms with E-state index in [0.717, 1.165) is 17.0 Å². The molecule has 20 heavy (non-hydrogen) atoms. The Bertz CT molecular complexity index is 649. The number of hydrogen-bond acceptors (Lipinski definition) is 5. The van der Waals surface area contributed by atoms with Crippen LogP contribution in [-0.4, -0.2) is 16.7 Å². The predicted octanol–water partition coefficient (Wildman–Crippen LogP) is 3.50. The molecule has 0 aliphatic rings. The maximum atomic E-state index is 5.82. The van der Waals surface area contributed by atoms with Crippen molar-refractivity contribution in [2.45, 2.75) is 13.0 Å². The van der Waals surface area contributed by atoms with Crippen LogP contribution in [-0.2, 0) is 0 Å². The zero-order valence-corrected chi connectivity index (χ0v) is 11.9. The lowest BCUT2D eigenvalue weighted by molar-refractivity contribution is 0.445. The second-order valence-corrected chi connectivity index (χ2v) is 5.27. The molecule has 0 radical (unpaired) electrons. The fourth-order valence-electron chi connectivity index (χ4n) is 2.05. The fourth-order valence-corrected chi connectivity index (χ4v) is 2.69. The zero-order valence-electron chi connectivity index (χ0n) is 11.1. The Morgan fingerprint density at radius 1 is 1.15 bits per heavy atom. The molecule has 4 nitrogen and oxygen atoms in total. The maximum absolute atomic E-state index is 5.82. The van der Waals surface area contributed by atoms with Crippen molar-refractivity contribution in [1.82, 2.24) is 15.5 Å². The number of nitrogens with zero attached hydrogens (tertiary/aromatic N) is 2. The topological polar surface area (TPSA) is 51.0 Å². The Hall–Kier alpha value is -1.98. The van der Waals surface area contributed by atoms with Gasteiger partial charge in [0.05, 0.1) is 4.88 Å². The number of nitrogens with one attached hydrogen (secondary N) is 1. The monoisotopic (exact) mass is 285 g/mol. The van der Waals surface area contributed by atoms with Crippen LogP contribution in [0.25, 0.3) is 10.8 Å². The quantitative estimate of drug-likeness (QED) is 0.779. The Labute approximate surface area is 121 Å². The molecule has 0 aliphatic carbocycles. The summed E-state index contributed by atoms with van der Waals surface area (Å²) in [6, 6.07) is 14.0. The van der Waals surface area contributed by atoms with E-state index in [0.29, 0.717) is 11.8 Å². The number of hydrogen-bond donors (Lipinski definition) is 1. The average Bonchev–Trinajstić information content (AvgIpc) is 3.16. The lowest BCUT2D eigenvalue weighted by atomic mass is 10.1. The first-order valence-corrected chi connectivity index (χ1v) is 7.42. The highest BCUT2D eigenvalue weighted by Crippen LogP contribution is 2.27. The number of thiophene rings is 1. The summed E-state index contributed by atoms with van der Waals surface area (Å²) in [7, 11) is 0. The van der Waals surface area contributed by atoms with E-state index in [1.165, 1.54) is 0 Å². The summed E-state index contributed by atoms with van der Waals surface area (Å²) in [6.07, 6.45) is 0. The van der Waals surface area contributed by atoms with Gasteiger partial charge in [0.1, 0.15) is 6.04 Å². The van der Waals surface area contributed by atoms with E-state index >= 15 is 0 Å². The molecule has 0 saturated carbocycles. The van der Waals surface area contributed by atoms with E-state index in [9.17, 15) is 0 Å². The summed E-state index contributed by atoms with van der Waals surface area (Å²) in [4.78, 5) is 0.993. The summed E-state index contributed by atoms with van der Waals surface area (Å²) < 4.78 is 5.82. The predicted molar refractivity (Wildman–Crippen MR) is 79.6 cm³/mol. The molecule has 1 atom stereocenters. The van der Waals surface area contributed by atoms with E-state index in [-0.39, 0.29) is 6.04 Å². The molecule has 3 rings (SSSR count). The molecule has 102 valence electrons. The van der Waals surface area contributed by atoms with Gasteiger partial charge in [-0.1, -0.05) is 43.3 Å². The van der Waals surface area contributed by atoms with Crippen molar-refractivity contribution >= 4 is 11.3 Å². The molecule has 0 saturated heterocycles. The minimum atomic E-state index is -0.0672. The van der Waals surface area contributed by atoms with Crippen LogP contribution in [0.5, 0.6) is 0 Å². The molecule has 2 heterocycles. The average molecular weight is 285 g/mol. The van der Waals surface area contributed by atoms with Crippen LogP contribution in [0.4, 0.5) is 0 Å². The van der Waals surface area contributed by atoms with Gasteiger partial charge >= 0.3 is 0 Å². The van der Waals surface area contributed by atoms with E-state index < -0.39 is 0 Å². The third-order valence-electron chi connectivity index (χ3n) is 2.96. The Balaban J connectivity index is 1.92. The minimum absolute atomic E-state index is 0.0672. The Morgan fingerprint density at radius 2 is 2.00 bits per heavy atom. The van der Waals surface area contributed by atoms with E-state index in [2.05, 4.69) is 34.6 Å². The largest absolute Gasteiger partial charge is 0.418 e. The normalized spacial score (nSPS) is 12.4. The van der Waals surface area contributed by atoms with Crippen molar-refractivity contribution in [3.8, 4) is 10.8 Å². The first-order valence-electron chi connectivity index (χ1n) is 6.54. The highest BCUT2D eigenvalue weighted by Gasteiger charge is 2.20. The molecule has 1 N–H and O–H groups in total. The third kappa shape index (κ3) is 2.64. The van der Waals surface area contributed by atoms with Crippen LogP contribution in [0.15, 0.2) is 52.3 Å². The smallest absolute Gasteiger partial charge is 0.257 e. The van der Waals surface area contributed by atoms with E-state index in [1.807, 2.05) is 35.7 Å². The zero-order chi connectivity index (χ0) is 13.8. The Morgan fingerprint density at radius 3 is 2.70 bits per heavy atom. The highest BCUT2D eigenvalue weighted by molar-refractivity contribution is 7.13. The third-order valence-corrected chi connectivity index (χ3v) is 3.82. The second kappa shape index (κ2) is 5.98. The number of aromatic nitrogens is 2. The van der Waals surface area contributed by atoms with Crippen LogP contribution in [0.1, 0.15) is 24.4 Å². The molecule has 0 amide bonds. The highest BCUT2D eigenvalue weighted by atomic mass is 32.1. The molecular weight excluding hydrogens is 270 g/mol. The van der Waals surface area contributed by atoms with E-state index in [4.69, 9.17) is 4.42 Å². The van der Waals surface area contributed by atoms with Crippen molar-refractivity contribution in [3.63, 3.8) is 0 Å². The molecule has 0 bridgehead atoms. The van der Waals surface area contributed by atoms with Crippen LogP contribution in [0, 0.1) is 0 Å². The summed E-state index contributed by atoms with van der Waals surface area (Å²) in [5.74, 6) is 1.18. The van der Waals surface area contributed by atoms with Gasteiger partial charge in [-0.25, -0.2) is 0 Å². The number of rotatable bonds is 5. The van der Waals surface area contributed by atoms with Crippen LogP contribution >= 0.6 is 11.3 Å². The molecule has 0 aliphatic heterocycles. The molecular formula is C15H15N3OS. The van der Waals surface area contributed by atoms with Crippen LogP contribution < -0.4 is 5.32 Å². The van der Waals surface area contributed by atoms with Crippen LogP contribution in [0.3, 0.4) is 0 Å². The second-order valence-electron chi connectivity index (χ2n) is 4.32. The summed E-state index contributed by atoms with van der Waals surface area (Å²) >= 11 is 1.59. The lowest BCUT2D eigenvalue weighted by Gasteiger charge is -2.13. The van der Waals surface area contributed by atoms with Gasteiger partial charge < -0.3 is 9.73 Å². The van der Waals surface area contributed by atoms with Crippen molar-refractivity contribution < 1.29 is 4.42 Å². The maximum Gasteiger partial charge on any atom is 0.257 e. The standard InChI is InChI=1S/C15H15N3OS/c1-2-16-13(11-7-4-3-5-8-11)15-18-17-14(19-15)12-9-6-10-20-12/h3-10,13,16H,2H2,1H3. The van der Waals surface area contributed by atoms with Crippen molar-refractivity contribution in [2.75, 3.05) is 6.54 Å². The molecule has 5 heteroatoms. The fraction of sp³-hybridized carbons (Fsp3) is 0.200. The lowest BCUT2D eigenvalue weighted by Crippen LogP contribution is -2.22. The molecule has 1 unspecified atom stereocenters. The van der Waals surface area contributed by atoms with Crippen molar-refractivity contribution in [3.05, 3.63) is 59.3 Å². The first-order chi connectivity index (χ1) is 9.88. The van der Waals surface area contributed by atoms with Crippen molar-refractivity contribution in [1.29, 1.82) is 0 Å². The van der Waals surface area contributed by atoms with Gasteiger partial charge in [-0.3, -0.25) is 0 Å². The molecule has 0 spiro atoms. The first kappa shape index (κ1) is 13.0. The molecule has 1 aromatic carbocycles. The summed E-state index contributed by atoms with van der Waals surface area (Å²) in [6.45, 7) is 2.89. The van der Waals surface area contributed by atoms with Gasteiger partial charge in [0.2, 0.25) is 5.89 Å².